The third-order valence-corrected chi connectivity index (χ3v) is 4.20. The summed E-state index contributed by atoms with van der Waals surface area (Å²) in [6, 6.07) is 12.2. The minimum absolute atomic E-state index is 0.202. The van der Waals surface area contributed by atoms with Gasteiger partial charge in [0.2, 0.25) is 5.95 Å². The van der Waals surface area contributed by atoms with Crippen molar-refractivity contribution in [1.82, 2.24) is 9.97 Å². The van der Waals surface area contributed by atoms with Crippen LogP contribution < -0.4 is 5.73 Å². The highest BCUT2D eigenvalue weighted by Gasteiger charge is 2.12. The first kappa shape index (κ1) is 15.4. The van der Waals surface area contributed by atoms with Crippen LogP contribution in [0.15, 0.2) is 46.5 Å². The van der Waals surface area contributed by atoms with Crippen LogP contribution in [-0.2, 0) is 0 Å². The van der Waals surface area contributed by atoms with Crippen molar-refractivity contribution in [2.24, 2.45) is 0 Å². The first-order valence-electron chi connectivity index (χ1n) is 6.20. The summed E-state index contributed by atoms with van der Waals surface area (Å²) in [6.07, 6.45) is 5.95. The fraction of sp³-hybridized carbons (Fsp3) is 0.133. The van der Waals surface area contributed by atoms with Gasteiger partial charge in [-0.2, -0.15) is 5.26 Å². The normalized spacial score (nSPS) is 10.7. The van der Waals surface area contributed by atoms with E-state index in [4.69, 9.17) is 5.73 Å². The minimum Gasteiger partial charge on any atom is -0.368 e. The molecule has 0 aliphatic rings. The fourth-order valence-electron chi connectivity index (χ4n) is 1.66. The summed E-state index contributed by atoms with van der Waals surface area (Å²) < 4.78 is 0. The fourth-order valence-corrected chi connectivity index (χ4v) is 3.05. The summed E-state index contributed by atoms with van der Waals surface area (Å²) in [7, 11) is 0. The number of aromatic nitrogens is 2. The zero-order chi connectivity index (χ0) is 15.1. The molecule has 2 N–H and O–H groups in total. The van der Waals surface area contributed by atoms with E-state index in [1.165, 1.54) is 23.5 Å². The average Bonchev–Trinajstić information content (AvgIpc) is 2.52. The number of nitrogens with zero attached hydrogens (tertiary/aromatic N) is 3. The average molecular weight is 314 g/mol. The van der Waals surface area contributed by atoms with Crippen molar-refractivity contribution < 1.29 is 0 Å². The van der Waals surface area contributed by atoms with E-state index in [-0.39, 0.29) is 5.95 Å². The lowest BCUT2D eigenvalue weighted by Crippen LogP contribution is -2.01. The van der Waals surface area contributed by atoms with E-state index in [9.17, 15) is 5.26 Å². The van der Waals surface area contributed by atoms with E-state index < -0.39 is 0 Å². The Labute approximate surface area is 132 Å². The van der Waals surface area contributed by atoms with Crippen molar-refractivity contribution >= 4 is 35.5 Å². The van der Waals surface area contributed by atoms with E-state index in [0.717, 1.165) is 5.56 Å². The lowest BCUT2D eigenvalue weighted by atomic mass is 10.2. The van der Waals surface area contributed by atoms with Gasteiger partial charge in [-0.3, -0.25) is 0 Å². The Balaban J connectivity index is 2.08. The molecule has 0 spiro atoms. The third kappa shape index (κ3) is 4.25. The maximum atomic E-state index is 9.24. The van der Waals surface area contributed by atoms with Gasteiger partial charge in [0.25, 0.3) is 0 Å². The van der Waals surface area contributed by atoms with Crippen LogP contribution in [-0.4, -0.2) is 22.0 Å². The highest BCUT2D eigenvalue weighted by molar-refractivity contribution is 7.99. The molecule has 1 aromatic heterocycles. The van der Waals surface area contributed by atoms with Gasteiger partial charge < -0.3 is 5.73 Å². The summed E-state index contributed by atoms with van der Waals surface area (Å²) in [4.78, 5) is 8.23. The van der Waals surface area contributed by atoms with Gasteiger partial charge in [0, 0.05) is 5.75 Å². The van der Waals surface area contributed by atoms with Crippen molar-refractivity contribution in [3.63, 3.8) is 0 Å². The maximum absolute atomic E-state index is 9.24. The molecule has 0 radical (unpaired) electrons. The number of anilines is 1. The van der Waals surface area contributed by atoms with Gasteiger partial charge in [0.05, 0.1) is 0 Å². The molecule has 21 heavy (non-hydrogen) atoms. The molecule has 4 nitrogen and oxygen atoms in total. The van der Waals surface area contributed by atoms with Crippen LogP contribution in [0.25, 0.3) is 6.08 Å². The Morgan fingerprint density at radius 3 is 2.62 bits per heavy atom. The van der Waals surface area contributed by atoms with E-state index in [0.29, 0.717) is 21.4 Å². The van der Waals surface area contributed by atoms with Gasteiger partial charge in [0.1, 0.15) is 21.7 Å². The molecule has 1 heterocycles. The smallest absolute Gasteiger partial charge is 0.222 e. The van der Waals surface area contributed by atoms with Crippen molar-refractivity contribution in [3.05, 3.63) is 47.5 Å². The summed E-state index contributed by atoms with van der Waals surface area (Å²) in [5.41, 5.74) is 7.32. The molecule has 2 rings (SSSR count). The molecule has 0 saturated carbocycles. The van der Waals surface area contributed by atoms with Crippen molar-refractivity contribution in [2.75, 3.05) is 17.7 Å². The molecule has 0 aliphatic carbocycles. The number of nitrogen functional groups attached to an aromatic ring is 1. The Bertz CT molecular complexity index is 678. The zero-order valence-electron chi connectivity index (χ0n) is 11.5. The number of hydrogen-bond acceptors (Lipinski definition) is 6. The molecule has 0 aliphatic heterocycles. The van der Waals surface area contributed by atoms with Crippen LogP contribution >= 0.6 is 23.5 Å². The Morgan fingerprint density at radius 1 is 1.24 bits per heavy atom. The second-order valence-electron chi connectivity index (χ2n) is 4.01. The molecule has 0 amide bonds. The number of hydrogen-bond donors (Lipinski definition) is 1. The van der Waals surface area contributed by atoms with Crippen molar-refractivity contribution in [3.8, 4) is 6.07 Å². The Hall–Kier alpha value is -1.97. The second kappa shape index (κ2) is 7.72. The minimum atomic E-state index is 0.202. The standard InChI is InChI=1S/C15H14N4S2/c1-20-13-12(10-16)14(19-15(17)18-13)21-9-5-8-11-6-3-2-4-7-11/h2-8H,9H2,1H3,(H2,17,18,19)/b8-5+. The van der Waals surface area contributed by atoms with Crippen molar-refractivity contribution in [2.45, 2.75) is 10.1 Å². The van der Waals surface area contributed by atoms with E-state index in [2.05, 4.69) is 16.0 Å². The topological polar surface area (TPSA) is 75.6 Å². The summed E-state index contributed by atoms with van der Waals surface area (Å²) in [5, 5.41) is 10.5. The van der Waals surface area contributed by atoms with Crippen LogP contribution in [0.2, 0.25) is 0 Å². The van der Waals surface area contributed by atoms with E-state index >= 15 is 0 Å². The molecule has 2 aromatic rings. The Kier molecular flexibility index (Phi) is 5.67. The highest BCUT2D eigenvalue weighted by atomic mass is 32.2. The van der Waals surface area contributed by atoms with Crippen LogP contribution in [0.5, 0.6) is 0 Å². The molecular weight excluding hydrogens is 300 g/mol. The third-order valence-electron chi connectivity index (χ3n) is 2.59. The number of benzene rings is 1. The molecule has 1 aromatic carbocycles. The van der Waals surface area contributed by atoms with Gasteiger partial charge in [-0.1, -0.05) is 42.5 Å². The van der Waals surface area contributed by atoms with Gasteiger partial charge in [-0.15, -0.1) is 23.5 Å². The second-order valence-corrected chi connectivity index (χ2v) is 5.81. The number of nitrogens with two attached hydrogens (primary N) is 1. The molecule has 6 heteroatoms. The van der Waals surface area contributed by atoms with Gasteiger partial charge in [0.15, 0.2) is 0 Å². The molecule has 0 bridgehead atoms. The first-order chi connectivity index (χ1) is 10.2. The predicted molar refractivity (Wildman–Crippen MR) is 89.1 cm³/mol. The lowest BCUT2D eigenvalue weighted by Gasteiger charge is -2.05. The maximum Gasteiger partial charge on any atom is 0.222 e. The van der Waals surface area contributed by atoms with Gasteiger partial charge in [-0.05, 0) is 11.8 Å². The zero-order valence-corrected chi connectivity index (χ0v) is 13.1. The highest BCUT2D eigenvalue weighted by Crippen LogP contribution is 2.27. The quantitative estimate of drug-likeness (QED) is 0.673. The van der Waals surface area contributed by atoms with Crippen LogP contribution in [0.4, 0.5) is 5.95 Å². The van der Waals surface area contributed by atoms with Crippen LogP contribution in [0.3, 0.4) is 0 Å². The van der Waals surface area contributed by atoms with Gasteiger partial charge >= 0.3 is 0 Å². The van der Waals surface area contributed by atoms with E-state index in [1.807, 2.05) is 48.7 Å². The number of rotatable bonds is 5. The summed E-state index contributed by atoms with van der Waals surface area (Å²) >= 11 is 2.88. The van der Waals surface area contributed by atoms with E-state index in [1.54, 1.807) is 0 Å². The lowest BCUT2D eigenvalue weighted by molar-refractivity contribution is 0.962. The summed E-state index contributed by atoms with van der Waals surface area (Å²) in [6.45, 7) is 0. The van der Waals surface area contributed by atoms with Crippen molar-refractivity contribution in [1.29, 1.82) is 5.26 Å². The molecule has 106 valence electrons. The molecule has 0 saturated heterocycles. The van der Waals surface area contributed by atoms with Gasteiger partial charge in [-0.25, -0.2) is 9.97 Å². The van der Waals surface area contributed by atoms with Crippen LogP contribution in [0.1, 0.15) is 11.1 Å². The monoisotopic (exact) mass is 314 g/mol. The largest absolute Gasteiger partial charge is 0.368 e. The number of thioether (sulfide) groups is 2. The number of nitriles is 1. The first-order valence-corrected chi connectivity index (χ1v) is 8.41. The SMILES string of the molecule is CSc1nc(N)nc(SC/C=C/c2ccccc2)c1C#N. The summed E-state index contributed by atoms with van der Waals surface area (Å²) in [5.74, 6) is 0.918. The van der Waals surface area contributed by atoms with Crippen LogP contribution in [0, 0.1) is 11.3 Å². The molecule has 0 unspecified atom stereocenters. The molecule has 0 fully saturated rings. The molecule has 0 atom stereocenters. The Morgan fingerprint density at radius 2 is 1.95 bits per heavy atom. The predicted octanol–water partition coefficient (Wildman–Crippen LogP) is 3.46. The molecular formula is C15H14N4S2.